The van der Waals surface area contributed by atoms with Gasteiger partial charge in [-0.25, -0.2) is 8.42 Å². The van der Waals surface area contributed by atoms with Crippen molar-refractivity contribution in [1.29, 1.82) is 0 Å². The number of hydrogen-bond acceptors (Lipinski definition) is 5. The Hall–Kier alpha value is -1.74. The van der Waals surface area contributed by atoms with Crippen LogP contribution in [0.5, 0.6) is 0 Å². The summed E-state index contributed by atoms with van der Waals surface area (Å²) in [5, 5.41) is 6.12. The Labute approximate surface area is 190 Å². The topological polar surface area (TPSA) is 92.3 Å². The molecule has 0 radical (unpaired) electrons. The highest BCUT2D eigenvalue weighted by atomic mass is 35.5. The number of halogens is 2. The summed E-state index contributed by atoms with van der Waals surface area (Å²) in [6.45, 7) is 0.205. The largest absolute Gasteiger partial charge is 0.350 e. The lowest BCUT2D eigenvalue weighted by Crippen LogP contribution is -2.47. The van der Waals surface area contributed by atoms with Crippen LogP contribution in [0.3, 0.4) is 0 Å². The molecule has 0 aliphatic rings. The van der Waals surface area contributed by atoms with Gasteiger partial charge in [0.15, 0.2) is 9.84 Å². The van der Waals surface area contributed by atoms with E-state index in [-0.39, 0.29) is 27.9 Å². The van der Waals surface area contributed by atoms with Gasteiger partial charge in [0.1, 0.15) is 6.04 Å². The second-order valence-electron chi connectivity index (χ2n) is 6.57. The quantitative estimate of drug-likeness (QED) is 0.562. The molecule has 0 heterocycles. The summed E-state index contributed by atoms with van der Waals surface area (Å²) in [5.41, 5.74) is 0.978. The van der Waals surface area contributed by atoms with Gasteiger partial charge in [-0.1, -0.05) is 35.3 Å². The van der Waals surface area contributed by atoms with Crippen molar-refractivity contribution in [1.82, 2.24) is 10.6 Å². The molecule has 1 atom stereocenters. The van der Waals surface area contributed by atoms with E-state index >= 15 is 0 Å². The van der Waals surface area contributed by atoms with Crippen molar-refractivity contribution in [3.63, 3.8) is 0 Å². The second-order valence-corrected chi connectivity index (χ2v) is 10.4. The van der Waals surface area contributed by atoms with Gasteiger partial charge in [-0.15, -0.1) is 0 Å². The molecule has 10 heteroatoms. The minimum atomic E-state index is -3.28. The fourth-order valence-electron chi connectivity index (χ4n) is 2.58. The molecule has 30 heavy (non-hydrogen) atoms. The number of carbonyl (C=O) groups excluding carboxylic acids is 2. The molecule has 6 nitrogen and oxygen atoms in total. The average Bonchev–Trinajstić information content (AvgIpc) is 2.68. The first-order valence-corrected chi connectivity index (χ1v) is 13.0. The second kappa shape index (κ2) is 11.0. The van der Waals surface area contributed by atoms with Crippen molar-refractivity contribution in [3.05, 3.63) is 63.6 Å². The molecule has 1 unspecified atom stereocenters. The molecule has 0 bridgehead atoms. The van der Waals surface area contributed by atoms with Crippen LogP contribution in [0.4, 0.5) is 0 Å². The van der Waals surface area contributed by atoms with Gasteiger partial charge in [0.05, 0.1) is 15.5 Å². The molecule has 0 saturated carbocycles. The SMILES string of the molecule is CSCCC(NC(=O)c1ccc(Cl)cc1Cl)C(=O)NCc1ccc(S(C)(=O)=O)cc1. The molecule has 0 fully saturated rings. The summed E-state index contributed by atoms with van der Waals surface area (Å²) >= 11 is 13.5. The van der Waals surface area contributed by atoms with E-state index in [1.54, 1.807) is 30.0 Å². The van der Waals surface area contributed by atoms with Crippen LogP contribution in [0.1, 0.15) is 22.3 Å². The summed E-state index contributed by atoms with van der Waals surface area (Å²) in [4.78, 5) is 25.5. The molecule has 2 aromatic rings. The molecule has 0 spiro atoms. The van der Waals surface area contributed by atoms with Gasteiger partial charge in [-0.3, -0.25) is 9.59 Å². The lowest BCUT2D eigenvalue weighted by molar-refractivity contribution is -0.123. The van der Waals surface area contributed by atoms with Gasteiger partial charge in [-0.05, 0) is 54.3 Å². The summed E-state index contributed by atoms with van der Waals surface area (Å²) in [5.74, 6) is -0.124. The molecule has 2 N–H and O–H groups in total. The van der Waals surface area contributed by atoms with E-state index in [4.69, 9.17) is 23.2 Å². The Kier molecular flexibility index (Phi) is 9.03. The summed E-state index contributed by atoms with van der Waals surface area (Å²) in [6, 6.07) is 10.0. The van der Waals surface area contributed by atoms with Crippen molar-refractivity contribution < 1.29 is 18.0 Å². The van der Waals surface area contributed by atoms with Crippen LogP contribution in [0, 0.1) is 0 Å². The predicted octanol–water partition coefficient (Wildman–Crippen LogP) is 3.56. The molecule has 162 valence electrons. The third-order valence-electron chi connectivity index (χ3n) is 4.23. The maximum atomic E-state index is 12.7. The van der Waals surface area contributed by atoms with Crippen LogP contribution in [0.15, 0.2) is 47.4 Å². The minimum absolute atomic E-state index is 0.204. The van der Waals surface area contributed by atoms with Crippen LogP contribution in [-0.2, 0) is 21.2 Å². The number of amides is 2. The number of carbonyl (C=O) groups is 2. The van der Waals surface area contributed by atoms with E-state index in [0.717, 1.165) is 11.8 Å². The van der Waals surface area contributed by atoms with Crippen LogP contribution in [0.2, 0.25) is 10.0 Å². The number of hydrogen-bond donors (Lipinski definition) is 2. The lowest BCUT2D eigenvalue weighted by Gasteiger charge is -2.19. The molecular weight excluding hydrogens is 467 g/mol. The number of benzene rings is 2. The van der Waals surface area contributed by atoms with Crippen LogP contribution in [-0.4, -0.2) is 44.5 Å². The van der Waals surface area contributed by atoms with Crippen molar-refractivity contribution in [2.45, 2.75) is 23.9 Å². The zero-order valence-corrected chi connectivity index (χ0v) is 19.6. The highest BCUT2D eigenvalue weighted by molar-refractivity contribution is 7.98. The fourth-order valence-corrected chi connectivity index (χ4v) is 4.18. The summed E-state index contributed by atoms with van der Waals surface area (Å²) in [6.07, 6.45) is 3.49. The molecule has 0 aliphatic carbocycles. The average molecular weight is 489 g/mol. The van der Waals surface area contributed by atoms with Gasteiger partial charge in [0, 0.05) is 17.8 Å². The number of nitrogens with one attached hydrogen (secondary N) is 2. The minimum Gasteiger partial charge on any atom is -0.350 e. The third kappa shape index (κ3) is 7.19. The first-order valence-electron chi connectivity index (χ1n) is 8.93. The lowest BCUT2D eigenvalue weighted by atomic mass is 10.1. The Bertz CT molecular complexity index is 1010. The normalized spacial score (nSPS) is 12.3. The molecular formula is C20H22Cl2N2O4S2. The van der Waals surface area contributed by atoms with Crippen LogP contribution in [0.25, 0.3) is 0 Å². The van der Waals surface area contributed by atoms with Gasteiger partial charge >= 0.3 is 0 Å². The number of thioether (sulfide) groups is 1. The van der Waals surface area contributed by atoms with Gasteiger partial charge < -0.3 is 10.6 Å². The van der Waals surface area contributed by atoms with E-state index in [1.807, 2.05) is 6.26 Å². The van der Waals surface area contributed by atoms with Crippen molar-refractivity contribution in [3.8, 4) is 0 Å². The van der Waals surface area contributed by atoms with Gasteiger partial charge in [-0.2, -0.15) is 11.8 Å². The molecule has 0 aliphatic heterocycles. The maximum absolute atomic E-state index is 12.7. The highest BCUT2D eigenvalue weighted by Gasteiger charge is 2.22. The van der Waals surface area contributed by atoms with E-state index in [0.29, 0.717) is 17.2 Å². The third-order valence-corrected chi connectivity index (χ3v) is 6.55. The zero-order valence-electron chi connectivity index (χ0n) is 16.4. The first kappa shape index (κ1) is 24.5. The van der Waals surface area contributed by atoms with Crippen molar-refractivity contribution >= 4 is 56.6 Å². The fraction of sp³-hybridized carbons (Fsp3) is 0.300. The van der Waals surface area contributed by atoms with Gasteiger partial charge in [0.25, 0.3) is 5.91 Å². The molecule has 0 aromatic heterocycles. The van der Waals surface area contributed by atoms with Crippen LogP contribution < -0.4 is 10.6 Å². The Morgan fingerprint density at radius 2 is 1.77 bits per heavy atom. The van der Waals surface area contributed by atoms with Crippen LogP contribution >= 0.6 is 35.0 Å². The Morgan fingerprint density at radius 3 is 2.33 bits per heavy atom. The van der Waals surface area contributed by atoms with E-state index < -0.39 is 21.8 Å². The number of rotatable bonds is 9. The van der Waals surface area contributed by atoms with Crippen molar-refractivity contribution in [2.24, 2.45) is 0 Å². The maximum Gasteiger partial charge on any atom is 0.253 e. The summed E-state index contributed by atoms with van der Waals surface area (Å²) < 4.78 is 23.1. The van der Waals surface area contributed by atoms with E-state index in [9.17, 15) is 18.0 Å². The Morgan fingerprint density at radius 1 is 1.10 bits per heavy atom. The standard InChI is InChI=1S/C20H22Cl2N2O4S2/c1-29-10-9-18(24-19(25)16-8-5-14(21)11-17(16)22)20(26)23-12-13-3-6-15(7-4-13)30(2,27)28/h3-8,11,18H,9-10,12H2,1-2H3,(H,23,26)(H,24,25). The number of sulfone groups is 1. The molecule has 2 aromatic carbocycles. The Balaban J connectivity index is 2.04. The molecule has 2 rings (SSSR count). The van der Waals surface area contributed by atoms with E-state index in [1.165, 1.54) is 24.3 Å². The van der Waals surface area contributed by atoms with Gasteiger partial charge in [0.2, 0.25) is 5.91 Å². The molecule has 2 amide bonds. The summed E-state index contributed by atoms with van der Waals surface area (Å²) in [7, 11) is -3.28. The highest BCUT2D eigenvalue weighted by Crippen LogP contribution is 2.21. The zero-order chi connectivity index (χ0) is 22.3. The van der Waals surface area contributed by atoms with E-state index in [2.05, 4.69) is 10.6 Å². The smallest absolute Gasteiger partial charge is 0.253 e. The van der Waals surface area contributed by atoms with Crippen molar-refractivity contribution in [2.75, 3.05) is 18.3 Å². The predicted molar refractivity (Wildman–Crippen MR) is 122 cm³/mol. The first-order chi connectivity index (χ1) is 14.1. The molecule has 0 saturated heterocycles. The monoisotopic (exact) mass is 488 g/mol.